The highest BCUT2D eigenvalue weighted by Gasteiger charge is 1.94. The van der Waals surface area contributed by atoms with Crippen LogP contribution >= 0.6 is 11.3 Å². The largest absolute Gasteiger partial charge is 0.384 e. The molecule has 54 valence electrons. The van der Waals surface area contributed by atoms with Crippen molar-refractivity contribution in [2.45, 2.75) is 0 Å². The molecule has 1 rings (SSSR count). The minimum Gasteiger partial charge on any atom is -0.384 e. The zero-order valence-electron chi connectivity index (χ0n) is 5.79. The smallest absolute Gasteiger partial charge is 0.104 e. The Morgan fingerprint density at radius 3 is 2.82 bits per heavy atom. The van der Waals surface area contributed by atoms with Crippen LogP contribution in [0.15, 0.2) is 10.8 Å². The normalized spacial score (nSPS) is 8.00. The van der Waals surface area contributed by atoms with Crippen molar-refractivity contribution >= 4 is 11.3 Å². The first kappa shape index (κ1) is 7.88. The topological polar surface area (TPSA) is 20.2 Å². The SMILES string of the molecule is C#Cc1cscc1C#CCO. The van der Waals surface area contributed by atoms with E-state index in [1.165, 1.54) is 11.3 Å². The van der Waals surface area contributed by atoms with Crippen molar-refractivity contribution in [1.29, 1.82) is 0 Å². The molecule has 0 amide bonds. The number of aliphatic hydroxyl groups excluding tert-OH is 1. The lowest BCUT2D eigenvalue weighted by molar-refractivity contribution is 0.350. The zero-order chi connectivity index (χ0) is 8.10. The number of terminal acetylenes is 1. The van der Waals surface area contributed by atoms with Gasteiger partial charge in [-0.05, 0) is 0 Å². The van der Waals surface area contributed by atoms with E-state index in [4.69, 9.17) is 11.5 Å². The van der Waals surface area contributed by atoms with Crippen LogP contribution in [0.3, 0.4) is 0 Å². The van der Waals surface area contributed by atoms with E-state index in [2.05, 4.69) is 17.8 Å². The Balaban J connectivity index is 2.96. The van der Waals surface area contributed by atoms with Crippen LogP contribution < -0.4 is 0 Å². The predicted molar refractivity (Wildman–Crippen MR) is 46.2 cm³/mol. The summed E-state index contributed by atoms with van der Waals surface area (Å²) in [4.78, 5) is 0. The van der Waals surface area contributed by atoms with E-state index in [1.54, 1.807) is 0 Å². The van der Waals surface area contributed by atoms with Crippen LogP contribution in [0.4, 0.5) is 0 Å². The molecule has 1 nitrogen and oxygen atoms in total. The van der Waals surface area contributed by atoms with Crippen molar-refractivity contribution in [3.05, 3.63) is 21.9 Å². The molecule has 0 aliphatic heterocycles. The molecular formula is C9H6OS. The minimum atomic E-state index is -0.125. The maximum absolute atomic E-state index is 8.41. The Morgan fingerprint density at radius 2 is 2.18 bits per heavy atom. The summed E-state index contributed by atoms with van der Waals surface area (Å²) in [5.74, 6) is 7.81. The fourth-order valence-electron chi connectivity index (χ4n) is 0.640. The van der Waals surface area contributed by atoms with E-state index in [1.807, 2.05) is 10.8 Å². The van der Waals surface area contributed by atoms with Crippen LogP contribution in [0.25, 0.3) is 0 Å². The molecule has 1 N–H and O–H groups in total. The number of hydrogen-bond donors (Lipinski definition) is 1. The number of hydrogen-bond acceptors (Lipinski definition) is 2. The second kappa shape index (κ2) is 3.83. The molecule has 11 heavy (non-hydrogen) atoms. The van der Waals surface area contributed by atoms with Gasteiger partial charge in [-0.15, -0.1) is 17.8 Å². The molecule has 0 saturated carbocycles. The van der Waals surface area contributed by atoms with Crippen LogP contribution in [0.5, 0.6) is 0 Å². The quantitative estimate of drug-likeness (QED) is 0.566. The summed E-state index contributed by atoms with van der Waals surface area (Å²) in [5, 5.41) is 12.1. The van der Waals surface area contributed by atoms with Gasteiger partial charge in [-0.25, -0.2) is 0 Å². The first-order valence-corrected chi connectivity index (χ1v) is 3.95. The van der Waals surface area contributed by atoms with Crippen LogP contribution in [0, 0.1) is 24.2 Å². The predicted octanol–water partition coefficient (Wildman–Crippen LogP) is 1.07. The van der Waals surface area contributed by atoms with E-state index in [-0.39, 0.29) is 6.61 Å². The molecule has 0 spiro atoms. The van der Waals surface area contributed by atoms with Crippen molar-refractivity contribution in [3.63, 3.8) is 0 Å². The minimum absolute atomic E-state index is 0.125. The third-order valence-electron chi connectivity index (χ3n) is 1.12. The standard InChI is InChI=1S/C9H6OS/c1-2-8-6-11-7-9(8)4-3-5-10/h1,6-7,10H,5H2. The van der Waals surface area contributed by atoms with Crippen molar-refractivity contribution in [3.8, 4) is 24.2 Å². The molecule has 0 atom stereocenters. The van der Waals surface area contributed by atoms with Gasteiger partial charge in [0.2, 0.25) is 0 Å². The van der Waals surface area contributed by atoms with Crippen molar-refractivity contribution in [2.75, 3.05) is 6.61 Å². The van der Waals surface area contributed by atoms with Gasteiger partial charge in [0.05, 0.1) is 11.1 Å². The van der Waals surface area contributed by atoms with Crippen molar-refractivity contribution in [2.24, 2.45) is 0 Å². The lowest BCUT2D eigenvalue weighted by Gasteiger charge is -1.81. The molecular weight excluding hydrogens is 156 g/mol. The molecule has 0 saturated heterocycles. The molecule has 1 heterocycles. The van der Waals surface area contributed by atoms with Crippen molar-refractivity contribution < 1.29 is 5.11 Å². The average molecular weight is 162 g/mol. The summed E-state index contributed by atoms with van der Waals surface area (Å²) in [6.07, 6.45) is 5.19. The number of thiophene rings is 1. The van der Waals surface area contributed by atoms with Gasteiger partial charge < -0.3 is 5.11 Å². The molecule has 2 heteroatoms. The van der Waals surface area contributed by atoms with Crippen molar-refractivity contribution in [1.82, 2.24) is 0 Å². The van der Waals surface area contributed by atoms with Crippen LogP contribution in [-0.4, -0.2) is 11.7 Å². The Morgan fingerprint density at radius 1 is 1.45 bits per heavy atom. The van der Waals surface area contributed by atoms with Gasteiger partial charge in [-0.2, -0.15) is 0 Å². The first-order valence-electron chi connectivity index (χ1n) is 3.01. The van der Waals surface area contributed by atoms with Gasteiger partial charge >= 0.3 is 0 Å². The lowest BCUT2D eigenvalue weighted by atomic mass is 10.2. The average Bonchev–Trinajstić information content (AvgIpc) is 2.47. The van der Waals surface area contributed by atoms with Gasteiger partial charge in [0.15, 0.2) is 0 Å². The van der Waals surface area contributed by atoms with Crippen LogP contribution in [0.2, 0.25) is 0 Å². The zero-order valence-corrected chi connectivity index (χ0v) is 6.61. The summed E-state index contributed by atoms with van der Waals surface area (Å²) in [5.41, 5.74) is 1.63. The molecule has 0 aromatic carbocycles. The van der Waals surface area contributed by atoms with Gasteiger partial charge in [0.25, 0.3) is 0 Å². The maximum Gasteiger partial charge on any atom is 0.104 e. The lowest BCUT2D eigenvalue weighted by Crippen LogP contribution is -1.76. The summed E-state index contributed by atoms with van der Waals surface area (Å²) in [6.45, 7) is -0.125. The molecule has 0 aliphatic carbocycles. The second-order valence-corrected chi connectivity index (χ2v) is 2.55. The van der Waals surface area contributed by atoms with Gasteiger partial charge in [0, 0.05) is 10.8 Å². The number of aliphatic hydroxyl groups is 1. The summed E-state index contributed by atoms with van der Waals surface area (Å²) in [6, 6.07) is 0. The van der Waals surface area contributed by atoms with Crippen LogP contribution in [0.1, 0.15) is 11.1 Å². The summed E-state index contributed by atoms with van der Waals surface area (Å²) < 4.78 is 0. The Labute approximate surface area is 69.7 Å². The van der Waals surface area contributed by atoms with Gasteiger partial charge in [-0.3, -0.25) is 0 Å². The van der Waals surface area contributed by atoms with E-state index in [0.717, 1.165) is 11.1 Å². The third-order valence-corrected chi connectivity index (χ3v) is 1.86. The molecule has 0 radical (unpaired) electrons. The highest BCUT2D eigenvalue weighted by Crippen LogP contribution is 2.11. The monoisotopic (exact) mass is 162 g/mol. The fraction of sp³-hybridized carbons (Fsp3) is 0.111. The van der Waals surface area contributed by atoms with E-state index in [9.17, 15) is 0 Å². The van der Waals surface area contributed by atoms with E-state index < -0.39 is 0 Å². The highest BCUT2D eigenvalue weighted by molar-refractivity contribution is 7.08. The summed E-state index contributed by atoms with van der Waals surface area (Å²) in [7, 11) is 0. The Hall–Kier alpha value is -1.22. The summed E-state index contributed by atoms with van der Waals surface area (Å²) >= 11 is 1.51. The van der Waals surface area contributed by atoms with Gasteiger partial charge in [0.1, 0.15) is 6.61 Å². The maximum atomic E-state index is 8.41. The first-order chi connectivity index (χ1) is 5.38. The molecule has 1 aromatic rings. The molecule has 0 fully saturated rings. The Kier molecular flexibility index (Phi) is 2.74. The fourth-order valence-corrected chi connectivity index (χ4v) is 1.36. The molecule has 0 bridgehead atoms. The molecule has 0 aliphatic rings. The van der Waals surface area contributed by atoms with E-state index >= 15 is 0 Å². The van der Waals surface area contributed by atoms with Gasteiger partial charge in [-0.1, -0.05) is 17.8 Å². The molecule has 1 aromatic heterocycles. The highest BCUT2D eigenvalue weighted by atomic mass is 32.1. The Bertz CT molecular complexity index is 332. The second-order valence-electron chi connectivity index (χ2n) is 1.80. The number of rotatable bonds is 0. The van der Waals surface area contributed by atoms with E-state index in [0.29, 0.717) is 0 Å². The molecule has 0 unspecified atom stereocenters. The third kappa shape index (κ3) is 1.85. The van der Waals surface area contributed by atoms with Crippen LogP contribution in [-0.2, 0) is 0 Å².